The number of rotatable bonds is 3. The Morgan fingerprint density at radius 1 is 1.25 bits per heavy atom. The van der Waals surface area contributed by atoms with E-state index in [9.17, 15) is 9.59 Å². The second-order valence-corrected chi connectivity index (χ2v) is 4.73. The van der Waals surface area contributed by atoms with Crippen molar-refractivity contribution in [3.05, 3.63) is 71.2 Å². The Hall–Kier alpha value is -2.62. The summed E-state index contributed by atoms with van der Waals surface area (Å²) in [4.78, 5) is 23.8. The zero-order valence-electron chi connectivity index (χ0n) is 10.7. The molecular weight excluding hydrogens is 254 g/mol. The smallest absolute Gasteiger partial charge is 0.222 e. The molecule has 100 valence electrons. The third-order valence-corrected chi connectivity index (χ3v) is 3.43. The molecule has 20 heavy (non-hydrogen) atoms. The molecule has 0 saturated carbocycles. The average Bonchev–Trinajstić information content (AvgIpc) is 2.72. The lowest BCUT2D eigenvalue weighted by Gasteiger charge is -2.15. The molecule has 1 amide bonds. The van der Waals surface area contributed by atoms with Gasteiger partial charge in [0.15, 0.2) is 5.78 Å². The first-order chi connectivity index (χ1) is 9.68. The van der Waals surface area contributed by atoms with Crippen molar-refractivity contribution in [1.29, 1.82) is 0 Å². The molecule has 2 N–H and O–H groups in total. The van der Waals surface area contributed by atoms with E-state index in [1.54, 1.807) is 6.08 Å². The Labute approximate surface area is 116 Å². The molecule has 2 aliphatic rings. The molecule has 1 aromatic carbocycles. The topological polar surface area (TPSA) is 69.4 Å². The van der Waals surface area contributed by atoms with Crippen molar-refractivity contribution >= 4 is 11.7 Å². The van der Waals surface area contributed by atoms with E-state index in [2.05, 4.69) is 0 Å². The third kappa shape index (κ3) is 1.95. The summed E-state index contributed by atoms with van der Waals surface area (Å²) >= 11 is 0. The number of Topliss-reactive ketones (excluding diaryl/α,β-unsaturated/α-hetero) is 1. The highest BCUT2D eigenvalue weighted by atomic mass is 16.5. The van der Waals surface area contributed by atoms with Gasteiger partial charge in [-0.05, 0) is 11.6 Å². The van der Waals surface area contributed by atoms with Gasteiger partial charge in [-0.25, -0.2) is 0 Å². The van der Waals surface area contributed by atoms with E-state index in [0.29, 0.717) is 11.3 Å². The molecule has 1 aliphatic carbocycles. The fourth-order valence-electron chi connectivity index (χ4n) is 2.61. The van der Waals surface area contributed by atoms with Gasteiger partial charge in [0, 0.05) is 11.1 Å². The second-order valence-electron chi connectivity index (χ2n) is 4.73. The second kappa shape index (κ2) is 4.81. The van der Waals surface area contributed by atoms with E-state index in [1.165, 1.54) is 6.26 Å². The van der Waals surface area contributed by atoms with Crippen molar-refractivity contribution in [2.24, 2.45) is 5.73 Å². The fraction of sp³-hybridized carbons (Fsp3) is 0.125. The van der Waals surface area contributed by atoms with Crippen LogP contribution in [0, 0.1) is 0 Å². The Kier molecular flexibility index (Phi) is 2.99. The predicted octanol–water partition coefficient (Wildman–Crippen LogP) is 1.95. The van der Waals surface area contributed by atoms with E-state index in [0.717, 1.165) is 11.1 Å². The van der Waals surface area contributed by atoms with Gasteiger partial charge in [-0.2, -0.15) is 0 Å². The van der Waals surface area contributed by atoms with E-state index >= 15 is 0 Å². The first-order valence-corrected chi connectivity index (χ1v) is 6.33. The first-order valence-electron chi connectivity index (χ1n) is 6.33. The lowest BCUT2D eigenvalue weighted by atomic mass is 9.90. The van der Waals surface area contributed by atoms with E-state index < -0.39 is 11.8 Å². The van der Waals surface area contributed by atoms with Gasteiger partial charge in [-0.3, -0.25) is 9.59 Å². The molecule has 0 aromatic heterocycles. The largest absolute Gasteiger partial charge is 0.464 e. The van der Waals surface area contributed by atoms with Crippen LogP contribution in [-0.2, 0) is 14.3 Å². The molecule has 0 fully saturated rings. The number of ether oxygens (including phenoxy) is 1. The van der Waals surface area contributed by atoms with Crippen molar-refractivity contribution in [3.63, 3.8) is 0 Å². The maximum atomic E-state index is 12.6. The van der Waals surface area contributed by atoms with Crippen LogP contribution in [-0.4, -0.2) is 11.7 Å². The number of allylic oxidation sites excluding steroid dienone is 3. The summed E-state index contributed by atoms with van der Waals surface area (Å²) < 4.78 is 5.44. The van der Waals surface area contributed by atoms with Gasteiger partial charge in [-0.1, -0.05) is 36.4 Å². The summed E-state index contributed by atoms with van der Waals surface area (Å²) in [7, 11) is 0. The van der Waals surface area contributed by atoms with Crippen molar-refractivity contribution in [1.82, 2.24) is 0 Å². The molecule has 1 unspecified atom stereocenters. The van der Waals surface area contributed by atoms with Crippen molar-refractivity contribution in [2.45, 2.75) is 12.3 Å². The summed E-state index contributed by atoms with van der Waals surface area (Å²) in [5.41, 5.74) is 7.27. The van der Waals surface area contributed by atoms with Gasteiger partial charge in [0.25, 0.3) is 0 Å². The van der Waals surface area contributed by atoms with Gasteiger partial charge in [0.05, 0.1) is 18.6 Å². The molecule has 4 heteroatoms. The number of carbonyl (C=O) groups is 2. The quantitative estimate of drug-likeness (QED) is 0.910. The monoisotopic (exact) mass is 267 g/mol. The van der Waals surface area contributed by atoms with Crippen LogP contribution >= 0.6 is 0 Å². The highest BCUT2D eigenvalue weighted by molar-refractivity contribution is 6.10. The SMILES string of the molecule is NC(=O)CC1=C2OC=CC=C2C(c2ccccc2)C1=O. The molecule has 0 bridgehead atoms. The van der Waals surface area contributed by atoms with Crippen LogP contribution in [0.2, 0.25) is 0 Å². The molecule has 1 aromatic rings. The Morgan fingerprint density at radius 3 is 2.70 bits per heavy atom. The van der Waals surface area contributed by atoms with Crippen molar-refractivity contribution < 1.29 is 14.3 Å². The van der Waals surface area contributed by atoms with E-state index in [-0.39, 0.29) is 12.2 Å². The predicted molar refractivity (Wildman–Crippen MR) is 73.3 cm³/mol. The molecule has 0 radical (unpaired) electrons. The lowest BCUT2D eigenvalue weighted by Crippen LogP contribution is -2.16. The summed E-state index contributed by atoms with van der Waals surface area (Å²) in [5.74, 6) is -0.581. The van der Waals surface area contributed by atoms with Crippen LogP contribution in [0.3, 0.4) is 0 Å². The fourth-order valence-corrected chi connectivity index (χ4v) is 2.61. The number of hydrogen-bond donors (Lipinski definition) is 1. The highest BCUT2D eigenvalue weighted by Gasteiger charge is 2.40. The van der Waals surface area contributed by atoms with Crippen LogP contribution in [0.5, 0.6) is 0 Å². The number of hydrogen-bond acceptors (Lipinski definition) is 3. The minimum Gasteiger partial charge on any atom is -0.464 e. The van der Waals surface area contributed by atoms with Crippen LogP contribution in [0.15, 0.2) is 65.7 Å². The molecule has 1 heterocycles. The molecule has 0 spiro atoms. The number of benzene rings is 1. The molecular formula is C16H13NO3. The highest BCUT2D eigenvalue weighted by Crippen LogP contribution is 2.43. The van der Waals surface area contributed by atoms with E-state index in [1.807, 2.05) is 36.4 Å². The Balaban J connectivity index is 2.07. The minimum atomic E-state index is -0.535. The summed E-state index contributed by atoms with van der Waals surface area (Å²) in [6.07, 6.45) is 5.00. The van der Waals surface area contributed by atoms with Crippen LogP contribution < -0.4 is 5.73 Å². The van der Waals surface area contributed by atoms with Crippen LogP contribution in [0.25, 0.3) is 0 Å². The third-order valence-electron chi connectivity index (χ3n) is 3.43. The van der Waals surface area contributed by atoms with Crippen molar-refractivity contribution in [2.75, 3.05) is 0 Å². The standard InChI is InChI=1S/C16H13NO3/c17-13(18)9-12-15(19)14(10-5-2-1-3-6-10)11-7-4-8-20-16(11)12/h1-8,14H,9H2,(H2,17,18). The summed E-state index contributed by atoms with van der Waals surface area (Å²) in [5, 5.41) is 0. The Morgan fingerprint density at radius 2 is 2.00 bits per heavy atom. The van der Waals surface area contributed by atoms with Gasteiger partial charge in [-0.15, -0.1) is 0 Å². The number of carbonyl (C=O) groups excluding carboxylic acids is 2. The van der Waals surface area contributed by atoms with Gasteiger partial charge >= 0.3 is 0 Å². The summed E-state index contributed by atoms with van der Waals surface area (Å²) in [6.45, 7) is 0. The van der Waals surface area contributed by atoms with Gasteiger partial charge in [0.2, 0.25) is 5.91 Å². The average molecular weight is 267 g/mol. The van der Waals surface area contributed by atoms with Crippen LogP contribution in [0.4, 0.5) is 0 Å². The number of fused-ring (bicyclic) bond motifs is 1. The maximum Gasteiger partial charge on any atom is 0.222 e. The molecule has 1 atom stereocenters. The lowest BCUT2D eigenvalue weighted by molar-refractivity contribution is -0.120. The number of ketones is 1. The molecule has 0 saturated heterocycles. The molecule has 4 nitrogen and oxygen atoms in total. The maximum absolute atomic E-state index is 12.6. The van der Waals surface area contributed by atoms with Crippen LogP contribution in [0.1, 0.15) is 17.9 Å². The molecule has 1 aliphatic heterocycles. The summed E-state index contributed by atoms with van der Waals surface area (Å²) in [6, 6.07) is 9.45. The number of primary amides is 1. The molecule has 3 rings (SSSR count). The Bertz CT molecular complexity index is 668. The van der Waals surface area contributed by atoms with Gasteiger partial charge < -0.3 is 10.5 Å². The zero-order valence-corrected chi connectivity index (χ0v) is 10.7. The number of nitrogens with two attached hydrogens (primary N) is 1. The van der Waals surface area contributed by atoms with Crippen molar-refractivity contribution in [3.8, 4) is 0 Å². The minimum absolute atomic E-state index is 0.0946. The van der Waals surface area contributed by atoms with Gasteiger partial charge in [0.1, 0.15) is 5.76 Å². The normalized spacial score (nSPS) is 20.5. The first kappa shape index (κ1) is 12.4. The zero-order chi connectivity index (χ0) is 14.1. The van der Waals surface area contributed by atoms with E-state index in [4.69, 9.17) is 10.5 Å². The number of amides is 1.